The first-order valence-electron chi connectivity index (χ1n) is 6.90. The Kier molecular flexibility index (Phi) is 4.64. The van der Waals surface area contributed by atoms with Crippen molar-refractivity contribution < 1.29 is 14.3 Å². The van der Waals surface area contributed by atoms with Crippen molar-refractivity contribution >= 4 is 40.5 Å². The van der Waals surface area contributed by atoms with Crippen LogP contribution in [0.1, 0.15) is 10.4 Å². The topological polar surface area (TPSA) is 59.6 Å². The SMILES string of the molecule is O=C(NC(=S)Nc1ccc2c(c1)OCCO2)c1ccccc1Cl. The molecule has 23 heavy (non-hydrogen) atoms. The minimum Gasteiger partial charge on any atom is -0.486 e. The van der Waals surface area contributed by atoms with Crippen LogP contribution in [-0.2, 0) is 0 Å². The van der Waals surface area contributed by atoms with E-state index >= 15 is 0 Å². The molecule has 2 aromatic rings. The molecule has 0 radical (unpaired) electrons. The van der Waals surface area contributed by atoms with Crippen molar-refractivity contribution in [2.45, 2.75) is 0 Å². The van der Waals surface area contributed by atoms with Gasteiger partial charge in [-0.2, -0.15) is 0 Å². The van der Waals surface area contributed by atoms with Gasteiger partial charge < -0.3 is 14.8 Å². The van der Waals surface area contributed by atoms with Crippen molar-refractivity contribution in [3.8, 4) is 11.5 Å². The number of halogens is 1. The molecule has 1 amide bonds. The Hall–Kier alpha value is -2.31. The van der Waals surface area contributed by atoms with Crippen LogP contribution in [0.4, 0.5) is 5.69 Å². The van der Waals surface area contributed by atoms with Gasteiger partial charge in [0, 0.05) is 11.8 Å². The Morgan fingerprint density at radius 1 is 1.09 bits per heavy atom. The lowest BCUT2D eigenvalue weighted by Gasteiger charge is -2.19. The number of hydrogen-bond acceptors (Lipinski definition) is 4. The van der Waals surface area contributed by atoms with E-state index in [-0.39, 0.29) is 11.0 Å². The summed E-state index contributed by atoms with van der Waals surface area (Å²) in [7, 11) is 0. The fraction of sp³-hybridized carbons (Fsp3) is 0.125. The number of amides is 1. The van der Waals surface area contributed by atoms with Crippen LogP contribution in [0.2, 0.25) is 5.02 Å². The summed E-state index contributed by atoms with van der Waals surface area (Å²) in [6.07, 6.45) is 0. The number of hydrogen-bond donors (Lipinski definition) is 2. The summed E-state index contributed by atoms with van der Waals surface area (Å²) >= 11 is 11.1. The highest BCUT2D eigenvalue weighted by molar-refractivity contribution is 7.80. The molecule has 0 saturated heterocycles. The number of thiocarbonyl (C=S) groups is 1. The fourth-order valence-corrected chi connectivity index (χ4v) is 2.53. The number of anilines is 1. The highest BCUT2D eigenvalue weighted by atomic mass is 35.5. The molecule has 0 spiro atoms. The smallest absolute Gasteiger partial charge is 0.258 e. The lowest BCUT2D eigenvalue weighted by atomic mass is 10.2. The van der Waals surface area contributed by atoms with Gasteiger partial charge in [0.2, 0.25) is 0 Å². The molecule has 7 heteroatoms. The van der Waals surface area contributed by atoms with Gasteiger partial charge in [-0.15, -0.1) is 0 Å². The maximum atomic E-state index is 12.1. The van der Waals surface area contributed by atoms with Gasteiger partial charge in [-0.1, -0.05) is 23.7 Å². The second-order valence-corrected chi connectivity index (χ2v) is 5.56. The van der Waals surface area contributed by atoms with Crippen LogP contribution in [0.15, 0.2) is 42.5 Å². The van der Waals surface area contributed by atoms with Crippen LogP contribution in [0.5, 0.6) is 11.5 Å². The summed E-state index contributed by atoms with van der Waals surface area (Å²) in [6, 6.07) is 12.1. The van der Waals surface area contributed by atoms with E-state index in [0.717, 1.165) is 0 Å². The normalized spacial score (nSPS) is 12.4. The molecule has 5 nitrogen and oxygen atoms in total. The number of carbonyl (C=O) groups excluding carboxylic acids is 1. The fourth-order valence-electron chi connectivity index (χ4n) is 2.10. The van der Waals surface area contributed by atoms with E-state index in [2.05, 4.69) is 10.6 Å². The number of fused-ring (bicyclic) bond motifs is 1. The molecule has 0 aromatic heterocycles. The summed E-state index contributed by atoms with van der Waals surface area (Å²) < 4.78 is 10.9. The van der Waals surface area contributed by atoms with E-state index in [4.69, 9.17) is 33.3 Å². The van der Waals surface area contributed by atoms with Gasteiger partial charge in [0.05, 0.1) is 10.6 Å². The average molecular weight is 349 g/mol. The third-order valence-electron chi connectivity index (χ3n) is 3.15. The Balaban J connectivity index is 1.65. The van der Waals surface area contributed by atoms with Crippen molar-refractivity contribution in [1.29, 1.82) is 0 Å². The van der Waals surface area contributed by atoms with Crippen LogP contribution in [0, 0.1) is 0 Å². The molecule has 2 aromatic carbocycles. The maximum absolute atomic E-state index is 12.1. The molecule has 1 aliphatic heterocycles. The molecule has 2 N–H and O–H groups in total. The third-order valence-corrected chi connectivity index (χ3v) is 3.68. The third kappa shape index (κ3) is 3.72. The molecule has 0 bridgehead atoms. The monoisotopic (exact) mass is 348 g/mol. The standard InChI is InChI=1S/C16H13ClN2O3S/c17-12-4-2-1-3-11(12)15(20)19-16(23)18-10-5-6-13-14(9-10)22-8-7-21-13/h1-6,9H,7-8H2,(H2,18,19,20,23). The van der Waals surface area contributed by atoms with E-state index in [1.807, 2.05) is 0 Å². The molecule has 118 valence electrons. The highest BCUT2D eigenvalue weighted by Crippen LogP contribution is 2.32. The van der Waals surface area contributed by atoms with Gasteiger partial charge in [-0.3, -0.25) is 10.1 Å². The predicted molar refractivity (Wildman–Crippen MR) is 92.6 cm³/mol. The lowest BCUT2D eigenvalue weighted by Crippen LogP contribution is -2.34. The number of nitrogens with one attached hydrogen (secondary N) is 2. The van der Waals surface area contributed by atoms with E-state index in [1.54, 1.807) is 42.5 Å². The zero-order valence-corrected chi connectivity index (χ0v) is 13.5. The Labute approximate surface area is 143 Å². The van der Waals surface area contributed by atoms with Crippen LogP contribution >= 0.6 is 23.8 Å². The van der Waals surface area contributed by atoms with Crippen LogP contribution in [-0.4, -0.2) is 24.2 Å². The minimum absolute atomic E-state index is 0.173. The molecule has 0 atom stereocenters. The summed E-state index contributed by atoms with van der Waals surface area (Å²) in [5.41, 5.74) is 1.05. The van der Waals surface area contributed by atoms with Crippen molar-refractivity contribution in [3.05, 3.63) is 53.1 Å². The minimum atomic E-state index is -0.370. The second kappa shape index (κ2) is 6.85. The average Bonchev–Trinajstić information content (AvgIpc) is 2.55. The van der Waals surface area contributed by atoms with Crippen molar-refractivity contribution in [3.63, 3.8) is 0 Å². The van der Waals surface area contributed by atoms with E-state index in [0.29, 0.717) is 41.0 Å². The summed E-state index contributed by atoms with van der Waals surface area (Å²) in [5.74, 6) is 0.958. The van der Waals surface area contributed by atoms with Crippen molar-refractivity contribution in [2.24, 2.45) is 0 Å². The molecule has 1 heterocycles. The first kappa shape index (κ1) is 15.6. The molecule has 0 aliphatic carbocycles. The molecule has 0 saturated carbocycles. The Morgan fingerprint density at radius 2 is 1.83 bits per heavy atom. The maximum Gasteiger partial charge on any atom is 0.258 e. The number of rotatable bonds is 2. The molecule has 0 unspecified atom stereocenters. The van der Waals surface area contributed by atoms with Crippen molar-refractivity contribution in [1.82, 2.24) is 5.32 Å². The number of carbonyl (C=O) groups is 1. The van der Waals surface area contributed by atoms with Gasteiger partial charge in [-0.05, 0) is 36.5 Å². The zero-order valence-electron chi connectivity index (χ0n) is 12.0. The zero-order chi connectivity index (χ0) is 16.2. The summed E-state index contributed by atoms with van der Waals surface area (Å²) in [4.78, 5) is 12.1. The highest BCUT2D eigenvalue weighted by Gasteiger charge is 2.14. The molecule has 0 fully saturated rings. The van der Waals surface area contributed by atoms with Crippen LogP contribution in [0.3, 0.4) is 0 Å². The molecular formula is C16H13ClN2O3S. The van der Waals surface area contributed by atoms with Gasteiger partial charge in [0.25, 0.3) is 5.91 Å². The van der Waals surface area contributed by atoms with Crippen LogP contribution < -0.4 is 20.1 Å². The van der Waals surface area contributed by atoms with E-state index < -0.39 is 0 Å². The Bertz CT molecular complexity index is 767. The van der Waals surface area contributed by atoms with Gasteiger partial charge in [0.1, 0.15) is 13.2 Å². The van der Waals surface area contributed by atoms with Crippen molar-refractivity contribution in [2.75, 3.05) is 18.5 Å². The first-order chi connectivity index (χ1) is 11.1. The van der Waals surface area contributed by atoms with Gasteiger partial charge in [-0.25, -0.2) is 0 Å². The van der Waals surface area contributed by atoms with Gasteiger partial charge >= 0.3 is 0 Å². The van der Waals surface area contributed by atoms with Gasteiger partial charge in [0.15, 0.2) is 16.6 Å². The van der Waals surface area contributed by atoms with E-state index in [1.165, 1.54) is 0 Å². The molecular weight excluding hydrogens is 336 g/mol. The Morgan fingerprint density at radius 3 is 2.61 bits per heavy atom. The summed E-state index contributed by atoms with van der Waals surface area (Å²) in [6.45, 7) is 1.04. The molecule has 1 aliphatic rings. The summed E-state index contributed by atoms with van der Waals surface area (Å²) in [5, 5.41) is 6.06. The first-order valence-corrected chi connectivity index (χ1v) is 7.68. The largest absolute Gasteiger partial charge is 0.486 e. The lowest BCUT2D eigenvalue weighted by molar-refractivity contribution is 0.0978. The van der Waals surface area contributed by atoms with Crippen LogP contribution in [0.25, 0.3) is 0 Å². The molecule has 3 rings (SSSR count). The predicted octanol–water partition coefficient (Wildman–Crippen LogP) is 3.24. The van der Waals surface area contributed by atoms with E-state index in [9.17, 15) is 4.79 Å². The second-order valence-electron chi connectivity index (χ2n) is 4.75. The number of ether oxygens (including phenoxy) is 2. The quantitative estimate of drug-likeness (QED) is 0.816. The number of benzene rings is 2.